The van der Waals surface area contributed by atoms with Crippen molar-refractivity contribution < 1.29 is 18.0 Å². The van der Waals surface area contributed by atoms with Gasteiger partial charge < -0.3 is 10.2 Å². The Morgan fingerprint density at radius 1 is 1.03 bits per heavy atom. The first-order valence-electron chi connectivity index (χ1n) is 11.9. The highest BCUT2D eigenvalue weighted by Crippen LogP contribution is 2.28. The fourth-order valence-electron chi connectivity index (χ4n) is 3.86. The van der Waals surface area contributed by atoms with Crippen LogP contribution in [0.15, 0.2) is 42.5 Å². The quantitative estimate of drug-likeness (QED) is 0.352. The maximum absolute atomic E-state index is 13.5. The second-order valence-corrected chi connectivity index (χ2v) is 13.0. The maximum Gasteiger partial charge on any atom is 0.243 e. The Balaban J connectivity index is 2.30. The lowest BCUT2D eigenvalue weighted by molar-refractivity contribution is -0.142. The summed E-state index contributed by atoms with van der Waals surface area (Å²) >= 11 is 18.8. The molecule has 11 heteroatoms. The van der Waals surface area contributed by atoms with E-state index >= 15 is 0 Å². The van der Waals surface area contributed by atoms with Gasteiger partial charge in [-0.05, 0) is 63.9 Å². The lowest BCUT2D eigenvalue weighted by Gasteiger charge is -2.33. The van der Waals surface area contributed by atoms with Gasteiger partial charge in [0.25, 0.3) is 0 Å². The number of nitrogens with one attached hydrogen (secondary N) is 1. The van der Waals surface area contributed by atoms with Crippen LogP contribution in [0.5, 0.6) is 0 Å². The fourth-order valence-corrected chi connectivity index (χ4v) is 5.52. The Hall–Kier alpha value is -2.00. The molecule has 37 heavy (non-hydrogen) atoms. The highest BCUT2D eigenvalue weighted by atomic mass is 35.5. The number of hydrogen-bond donors (Lipinski definition) is 1. The minimum absolute atomic E-state index is 0.00789. The highest BCUT2D eigenvalue weighted by Gasteiger charge is 2.31. The summed E-state index contributed by atoms with van der Waals surface area (Å²) in [4.78, 5) is 28.2. The van der Waals surface area contributed by atoms with E-state index in [2.05, 4.69) is 5.32 Å². The topological polar surface area (TPSA) is 86.8 Å². The van der Waals surface area contributed by atoms with Gasteiger partial charge in [-0.3, -0.25) is 13.9 Å². The predicted molar refractivity (Wildman–Crippen MR) is 152 cm³/mol. The van der Waals surface area contributed by atoms with E-state index in [1.807, 2.05) is 27.7 Å². The first-order valence-corrected chi connectivity index (χ1v) is 14.9. The van der Waals surface area contributed by atoms with Crippen LogP contribution in [0, 0.1) is 0 Å². The molecule has 0 radical (unpaired) electrons. The zero-order valence-corrected chi connectivity index (χ0v) is 24.8. The summed E-state index contributed by atoms with van der Waals surface area (Å²) in [6.45, 7) is 7.53. The van der Waals surface area contributed by atoms with Crippen molar-refractivity contribution in [3.63, 3.8) is 0 Å². The summed E-state index contributed by atoms with van der Waals surface area (Å²) in [6.07, 6.45) is 1.70. The largest absolute Gasteiger partial charge is 0.350 e. The van der Waals surface area contributed by atoms with Crippen molar-refractivity contribution >= 4 is 62.3 Å². The van der Waals surface area contributed by atoms with E-state index in [1.165, 1.54) is 9.21 Å². The Morgan fingerprint density at radius 2 is 1.62 bits per heavy atom. The van der Waals surface area contributed by atoms with Gasteiger partial charge in [0.2, 0.25) is 21.8 Å². The van der Waals surface area contributed by atoms with Crippen molar-refractivity contribution in [1.29, 1.82) is 0 Å². The van der Waals surface area contributed by atoms with Crippen LogP contribution < -0.4 is 9.62 Å². The summed E-state index contributed by atoms with van der Waals surface area (Å²) in [5, 5.41) is 4.12. The van der Waals surface area contributed by atoms with Gasteiger partial charge >= 0.3 is 0 Å². The average Bonchev–Trinajstić information content (AvgIpc) is 2.76. The third-order valence-corrected chi connectivity index (χ3v) is 7.66. The highest BCUT2D eigenvalue weighted by molar-refractivity contribution is 7.92. The van der Waals surface area contributed by atoms with Crippen LogP contribution in [0.2, 0.25) is 15.1 Å². The van der Waals surface area contributed by atoms with Crippen molar-refractivity contribution in [1.82, 2.24) is 10.2 Å². The van der Waals surface area contributed by atoms with Crippen molar-refractivity contribution in [2.45, 2.75) is 65.1 Å². The summed E-state index contributed by atoms with van der Waals surface area (Å²) in [7, 11) is -3.62. The number of sulfonamides is 1. The van der Waals surface area contributed by atoms with Gasteiger partial charge in [-0.2, -0.15) is 0 Å². The standard InChI is InChI=1S/C26H34Cl3N3O4S/c1-6-23(25(34)30-26(2,3)4)31(17-20-21(28)12-8-13-22(20)29)24(33)14-9-15-32(37(5,35)36)19-11-7-10-18(27)16-19/h7-8,10-13,16,23H,6,9,14-15,17H2,1-5H3,(H,30,34)/t23-/m1/s1. The van der Waals surface area contributed by atoms with Crippen molar-refractivity contribution in [3.8, 4) is 0 Å². The third-order valence-electron chi connectivity index (χ3n) is 5.52. The van der Waals surface area contributed by atoms with Crippen LogP contribution >= 0.6 is 34.8 Å². The number of amides is 2. The smallest absolute Gasteiger partial charge is 0.243 e. The SMILES string of the molecule is CC[C@H](C(=O)NC(C)(C)C)N(Cc1c(Cl)cccc1Cl)C(=O)CCCN(c1cccc(Cl)c1)S(C)(=O)=O. The second-order valence-electron chi connectivity index (χ2n) is 9.80. The molecule has 0 aromatic heterocycles. The number of carbonyl (C=O) groups is 2. The fraction of sp³-hybridized carbons (Fsp3) is 0.462. The van der Waals surface area contributed by atoms with Gasteiger partial charge in [0.05, 0.1) is 11.9 Å². The Kier molecular flexibility index (Phi) is 11.1. The molecule has 0 spiro atoms. The number of hydrogen-bond acceptors (Lipinski definition) is 4. The zero-order chi connectivity index (χ0) is 28.0. The van der Waals surface area contributed by atoms with Gasteiger partial charge in [0.15, 0.2) is 0 Å². The first-order chi connectivity index (χ1) is 17.1. The van der Waals surface area contributed by atoms with Crippen molar-refractivity contribution in [2.75, 3.05) is 17.1 Å². The van der Waals surface area contributed by atoms with E-state index in [0.717, 1.165) is 6.26 Å². The Labute approximate surface area is 235 Å². The van der Waals surface area contributed by atoms with E-state index in [1.54, 1.807) is 42.5 Å². The average molecular weight is 591 g/mol. The molecule has 1 atom stereocenters. The molecule has 0 fully saturated rings. The van der Waals surface area contributed by atoms with Crippen LogP contribution in [-0.2, 0) is 26.2 Å². The number of rotatable bonds is 11. The molecule has 2 rings (SSSR count). The molecule has 204 valence electrons. The zero-order valence-electron chi connectivity index (χ0n) is 21.7. The minimum Gasteiger partial charge on any atom is -0.350 e. The van der Waals surface area contributed by atoms with Crippen molar-refractivity contribution in [2.24, 2.45) is 0 Å². The van der Waals surface area contributed by atoms with Crippen LogP contribution in [0.1, 0.15) is 52.5 Å². The molecular formula is C26H34Cl3N3O4S. The third kappa shape index (κ3) is 9.36. The molecule has 7 nitrogen and oxygen atoms in total. The van der Waals surface area contributed by atoms with Gasteiger partial charge in [0, 0.05) is 45.7 Å². The summed E-state index contributed by atoms with van der Waals surface area (Å²) in [5.41, 5.74) is 0.463. The van der Waals surface area contributed by atoms with E-state index in [-0.39, 0.29) is 37.7 Å². The molecule has 0 saturated carbocycles. The van der Waals surface area contributed by atoms with Gasteiger partial charge in [-0.25, -0.2) is 8.42 Å². The minimum atomic E-state index is -3.62. The molecule has 2 aromatic rings. The molecule has 0 unspecified atom stereocenters. The summed E-state index contributed by atoms with van der Waals surface area (Å²) < 4.78 is 26.1. The molecular weight excluding hydrogens is 557 g/mol. The number of carbonyl (C=O) groups excluding carboxylic acids is 2. The van der Waals surface area contributed by atoms with Crippen LogP contribution in [-0.4, -0.2) is 49.5 Å². The molecule has 0 aliphatic heterocycles. The lowest BCUT2D eigenvalue weighted by atomic mass is 10.0. The van der Waals surface area contributed by atoms with Crippen LogP contribution in [0.3, 0.4) is 0 Å². The van der Waals surface area contributed by atoms with Crippen LogP contribution in [0.4, 0.5) is 5.69 Å². The summed E-state index contributed by atoms with van der Waals surface area (Å²) in [6, 6.07) is 10.8. The number of nitrogens with zero attached hydrogens (tertiary/aromatic N) is 2. The number of halogens is 3. The molecule has 0 heterocycles. The second kappa shape index (κ2) is 13.2. The number of anilines is 1. The van der Waals surface area contributed by atoms with E-state index in [0.29, 0.717) is 32.7 Å². The normalized spacial score (nSPS) is 12.6. The predicted octanol–water partition coefficient (Wildman–Crippen LogP) is 5.92. The van der Waals surface area contributed by atoms with Gasteiger partial charge in [0.1, 0.15) is 6.04 Å². The Bertz CT molecular complexity index is 1200. The van der Waals surface area contributed by atoms with E-state index in [9.17, 15) is 18.0 Å². The molecule has 0 aliphatic rings. The van der Waals surface area contributed by atoms with Crippen molar-refractivity contribution in [3.05, 3.63) is 63.1 Å². The van der Waals surface area contributed by atoms with Gasteiger partial charge in [-0.15, -0.1) is 0 Å². The molecule has 2 amide bonds. The molecule has 1 N–H and O–H groups in total. The Morgan fingerprint density at radius 3 is 2.14 bits per heavy atom. The molecule has 2 aromatic carbocycles. The number of benzene rings is 2. The monoisotopic (exact) mass is 589 g/mol. The van der Waals surface area contributed by atoms with E-state index < -0.39 is 21.6 Å². The lowest BCUT2D eigenvalue weighted by Crippen LogP contribution is -2.53. The van der Waals surface area contributed by atoms with Gasteiger partial charge in [-0.1, -0.05) is 53.9 Å². The van der Waals surface area contributed by atoms with Crippen LogP contribution in [0.25, 0.3) is 0 Å². The summed E-state index contributed by atoms with van der Waals surface area (Å²) in [5.74, 6) is -0.602. The molecule has 0 aliphatic carbocycles. The maximum atomic E-state index is 13.5. The van der Waals surface area contributed by atoms with E-state index in [4.69, 9.17) is 34.8 Å². The first kappa shape index (κ1) is 31.2. The molecule has 0 saturated heterocycles. The molecule has 0 bridgehead atoms.